The molecule has 0 spiro atoms. The number of benzene rings is 3. The zero-order chi connectivity index (χ0) is 21.1. The number of cyclic esters (lactones) is 1. The summed E-state index contributed by atoms with van der Waals surface area (Å²) in [5, 5.41) is 0.586. The van der Waals surface area contributed by atoms with Gasteiger partial charge >= 0.3 is 11.9 Å². The van der Waals surface area contributed by atoms with E-state index in [1.165, 1.54) is 0 Å². The van der Waals surface area contributed by atoms with Crippen LogP contribution in [0.15, 0.2) is 83.5 Å². The van der Waals surface area contributed by atoms with E-state index in [2.05, 4.69) is 4.99 Å². The van der Waals surface area contributed by atoms with Crippen molar-refractivity contribution in [1.29, 1.82) is 0 Å². The van der Waals surface area contributed by atoms with Gasteiger partial charge in [0.2, 0.25) is 5.90 Å². The zero-order valence-electron chi connectivity index (χ0n) is 16.0. The molecule has 6 heteroatoms. The lowest BCUT2D eigenvalue weighted by Gasteiger charge is -2.05. The smallest absolute Gasteiger partial charge is 0.363 e. The number of esters is 2. The number of hydrogen-bond acceptors (Lipinski definition) is 5. The highest BCUT2D eigenvalue weighted by Crippen LogP contribution is 2.22. The third kappa shape index (κ3) is 4.47. The van der Waals surface area contributed by atoms with Crippen molar-refractivity contribution in [2.45, 2.75) is 6.92 Å². The van der Waals surface area contributed by atoms with Crippen molar-refractivity contribution < 1.29 is 19.1 Å². The molecule has 0 saturated carbocycles. The number of nitrogens with zero attached hydrogens (tertiary/aromatic N) is 1. The maximum atomic E-state index is 12.2. The van der Waals surface area contributed by atoms with E-state index in [0.717, 1.165) is 11.1 Å². The Kier molecular flexibility index (Phi) is 5.46. The Morgan fingerprint density at radius 3 is 2.30 bits per heavy atom. The van der Waals surface area contributed by atoms with E-state index in [4.69, 9.17) is 21.1 Å². The molecule has 3 aromatic rings. The number of rotatable bonds is 4. The first-order valence-electron chi connectivity index (χ1n) is 9.15. The van der Waals surface area contributed by atoms with Gasteiger partial charge in [-0.1, -0.05) is 41.4 Å². The van der Waals surface area contributed by atoms with Crippen LogP contribution < -0.4 is 4.74 Å². The summed E-state index contributed by atoms with van der Waals surface area (Å²) >= 11 is 5.88. The first kappa shape index (κ1) is 19.6. The van der Waals surface area contributed by atoms with Crippen LogP contribution in [0.1, 0.15) is 27.0 Å². The van der Waals surface area contributed by atoms with E-state index in [-0.39, 0.29) is 11.6 Å². The van der Waals surface area contributed by atoms with E-state index in [1.807, 2.05) is 19.1 Å². The fraction of sp³-hybridized carbons (Fsp3) is 0.0417. The van der Waals surface area contributed by atoms with Crippen molar-refractivity contribution in [2.24, 2.45) is 4.99 Å². The SMILES string of the molecule is Cc1ccc(C(=O)Oc2ccc(/C=C3\N=C(c4ccc(Cl)cc4)OC3=O)cc2)cc1. The first-order valence-corrected chi connectivity index (χ1v) is 9.53. The molecule has 5 nitrogen and oxygen atoms in total. The second kappa shape index (κ2) is 8.35. The summed E-state index contributed by atoms with van der Waals surface area (Å²) < 4.78 is 10.6. The number of halogens is 1. The molecule has 4 rings (SSSR count). The summed E-state index contributed by atoms with van der Waals surface area (Å²) in [7, 11) is 0. The van der Waals surface area contributed by atoms with Gasteiger partial charge in [-0.25, -0.2) is 14.6 Å². The molecule has 0 N–H and O–H groups in total. The van der Waals surface area contributed by atoms with E-state index in [1.54, 1.807) is 66.7 Å². The second-order valence-electron chi connectivity index (χ2n) is 6.67. The van der Waals surface area contributed by atoms with Crippen molar-refractivity contribution in [3.05, 3.63) is 106 Å². The normalized spacial score (nSPS) is 14.4. The third-order valence-corrected chi connectivity index (χ3v) is 4.64. The highest BCUT2D eigenvalue weighted by molar-refractivity contribution is 6.30. The maximum absolute atomic E-state index is 12.2. The lowest BCUT2D eigenvalue weighted by atomic mass is 10.1. The highest BCUT2D eigenvalue weighted by atomic mass is 35.5. The van der Waals surface area contributed by atoms with Crippen LogP contribution in [-0.4, -0.2) is 17.8 Å². The summed E-state index contributed by atoms with van der Waals surface area (Å²) in [4.78, 5) is 28.6. The second-order valence-corrected chi connectivity index (χ2v) is 7.10. The van der Waals surface area contributed by atoms with Crippen molar-refractivity contribution >= 4 is 35.5 Å². The molecule has 3 aromatic carbocycles. The lowest BCUT2D eigenvalue weighted by Crippen LogP contribution is -2.08. The molecular weight excluding hydrogens is 402 g/mol. The van der Waals surface area contributed by atoms with Crippen molar-refractivity contribution in [3.63, 3.8) is 0 Å². The molecule has 0 aromatic heterocycles. The number of aliphatic imine (C=N–C) groups is 1. The molecule has 30 heavy (non-hydrogen) atoms. The minimum absolute atomic E-state index is 0.185. The molecular formula is C24H16ClNO4. The van der Waals surface area contributed by atoms with Crippen LogP contribution in [0.4, 0.5) is 0 Å². The largest absolute Gasteiger partial charge is 0.423 e. The van der Waals surface area contributed by atoms with E-state index in [9.17, 15) is 9.59 Å². The molecule has 1 heterocycles. The van der Waals surface area contributed by atoms with E-state index < -0.39 is 11.9 Å². The average Bonchev–Trinajstić information content (AvgIpc) is 3.10. The summed E-state index contributed by atoms with van der Waals surface area (Å²) in [5.74, 6) is -0.332. The van der Waals surface area contributed by atoms with Crippen molar-refractivity contribution in [3.8, 4) is 5.75 Å². The third-order valence-electron chi connectivity index (χ3n) is 4.39. The van der Waals surface area contributed by atoms with Gasteiger partial charge in [0.05, 0.1) is 5.56 Å². The van der Waals surface area contributed by atoms with Gasteiger partial charge < -0.3 is 9.47 Å². The predicted octanol–water partition coefficient (Wildman–Crippen LogP) is 5.21. The van der Waals surface area contributed by atoms with Crippen LogP contribution in [-0.2, 0) is 9.53 Å². The van der Waals surface area contributed by atoms with E-state index >= 15 is 0 Å². The molecule has 0 atom stereocenters. The van der Waals surface area contributed by atoms with Crippen LogP contribution >= 0.6 is 11.6 Å². The van der Waals surface area contributed by atoms with Gasteiger partial charge in [-0.3, -0.25) is 0 Å². The molecule has 0 radical (unpaired) electrons. The van der Waals surface area contributed by atoms with Gasteiger partial charge in [0.15, 0.2) is 5.70 Å². The van der Waals surface area contributed by atoms with Crippen LogP contribution in [0.25, 0.3) is 6.08 Å². The number of aryl methyl sites for hydroxylation is 1. The van der Waals surface area contributed by atoms with Crippen LogP contribution in [0, 0.1) is 6.92 Å². The fourth-order valence-corrected chi connectivity index (χ4v) is 2.90. The molecule has 0 aliphatic carbocycles. The minimum atomic E-state index is -0.533. The Hall–Kier alpha value is -3.70. The van der Waals surface area contributed by atoms with Crippen molar-refractivity contribution in [2.75, 3.05) is 0 Å². The lowest BCUT2D eigenvalue weighted by molar-refractivity contribution is -0.129. The Morgan fingerprint density at radius 1 is 0.967 bits per heavy atom. The zero-order valence-corrected chi connectivity index (χ0v) is 16.7. The van der Waals surface area contributed by atoms with Gasteiger partial charge in [-0.15, -0.1) is 0 Å². The molecule has 0 bridgehead atoms. The Balaban J connectivity index is 1.48. The fourth-order valence-electron chi connectivity index (χ4n) is 2.77. The van der Waals surface area contributed by atoms with Gasteiger partial charge in [-0.05, 0) is 67.1 Å². The molecule has 1 aliphatic heterocycles. The molecule has 1 aliphatic rings. The van der Waals surface area contributed by atoms with Gasteiger partial charge in [0.25, 0.3) is 0 Å². The Bertz CT molecular complexity index is 1160. The Labute approximate surface area is 178 Å². The van der Waals surface area contributed by atoms with Gasteiger partial charge in [0, 0.05) is 10.6 Å². The van der Waals surface area contributed by atoms with E-state index in [0.29, 0.717) is 21.9 Å². The maximum Gasteiger partial charge on any atom is 0.363 e. The Morgan fingerprint density at radius 2 is 1.63 bits per heavy atom. The summed E-state index contributed by atoms with van der Waals surface area (Å²) in [5.41, 5.74) is 3.11. The number of carbonyl (C=O) groups excluding carboxylic acids is 2. The molecule has 0 unspecified atom stereocenters. The monoisotopic (exact) mass is 417 g/mol. The van der Waals surface area contributed by atoms with Crippen LogP contribution in [0.5, 0.6) is 5.75 Å². The number of ether oxygens (including phenoxy) is 2. The summed E-state index contributed by atoms with van der Waals surface area (Å²) in [6, 6.07) is 20.8. The molecule has 148 valence electrons. The standard InChI is InChI=1S/C24H16ClNO4/c1-15-2-6-18(7-3-15)23(27)29-20-12-4-16(5-13-20)14-21-24(28)30-22(26-21)17-8-10-19(25)11-9-17/h2-14H,1H3/b21-14-. The number of hydrogen-bond donors (Lipinski definition) is 0. The topological polar surface area (TPSA) is 65.0 Å². The van der Waals surface area contributed by atoms with Crippen LogP contribution in [0.3, 0.4) is 0 Å². The molecule has 0 saturated heterocycles. The highest BCUT2D eigenvalue weighted by Gasteiger charge is 2.24. The number of carbonyl (C=O) groups is 2. The van der Waals surface area contributed by atoms with Crippen molar-refractivity contribution in [1.82, 2.24) is 0 Å². The summed E-state index contributed by atoms with van der Waals surface area (Å²) in [6.45, 7) is 1.95. The minimum Gasteiger partial charge on any atom is -0.423 e. The molecule has 0 fully saturated rings. The quantitative estimate of drug-likeness (QED) is 0.332. The molecule has 0 amide bonds. The van der Waals surface area contributed by atoms with Gasteiger partial charge in [-0.2, -0.15) is 0 Å². The predicted molar refractivity (Wildman–Crippen MR) is 115 cm³/mol. The first-order chi connectivity index (χ1) is 14.5. The van der Waals surface area contributed by atoms with Gasteiger partial charge in [0.1, 0.15) is 5.75 Å². The average molecular weight is 418 g/mol. The summed E-state index contributed by atoms with van der Waals surface area (Å²) in [6.07, 6.45) is 1.61. The van der Waals surface area contributed by atoms with Crippen LogP contribution in [0.2, 0.25) is 5.02 Å².